The summed E-state index contributed by atoms with van der Waals surface area (Å²) >= 11 is 0. The molecule has 0 spiro atoms. The topological polar surface area (TPSA) is 114 Å². The predicted molar refractivity (Wildman–Crippen MR) is 79.0 cm³/mol. The molecule has 7 nitrogen and oxygen atoms in total. The van der Waals surface area contributed by atoms with Gasteiger partial charge in [0.05, 0.1) is 5.56 Å². The number of aryl methyl sites for hydroxylation is 2. The zero-order chi connectivity index (χ0) is 15.4. The second-order valence-electron chi connectivity index (χ2n) is 4.75. The Morgan fingerprint density at radius 1 is 1.38 bits per heavy atom. The Labute approximate surface area is 121 Å². The second kappa shape index (κ2) is 6.17. The molecule has 0 aliphatic rings. The van der Waals surface area contributed by atoms with Crippen molar-refractivity contribution in [3.05, 3.63) is 51.3 Å². The number of anilines is 1. The van der Waals surface area contributed by atoms with Gasteiger partial charge in [0.15, 0.2) is 0 Å². The summed E-state index contributed by atoms with van der Waals surface area (Å²) in [6.45, 7) is 4.14. The van der Waals surface area contributed by atoms with Gasteiger partial charge in [-0.1, -0.05) is 0 Å². The van der Waals surface area contributed by atoms with Gasteiger partial charge in [0.2, 0.25) is 0 Å². The van der Waals surface area contributed by atoms with Crippen molar-refractivity contribution >= 4 is 11.7 Å². The van der Waals surface area contributed by atoms with Gasteiger partial charge in [-0.05, 0) is 25.5 Å². The van der Waals surface area contributed by atoms with Gasteiger partial charge in [-0.25, -0.2) is 4.98 Å². The largest absolute Gasteiger partial charge is 0.383 e. The number of carbonyl (C=O) groups excluding carboxylic acids is 1. The molecule has 0 atom stereocenters. The van der Waals surface area contributed by atoms with Gasteiger partial charge in [-0.3, -0.25) is 14.6 Å². The number of amides is 1. The van der Waals surface area contributed by atoms with Crippen molar-refractivity contribution in [2.75, 3.05) is 12.3 Å². The quantitative estimate of drug-likeness (QED) is 0.750. The lowest BCUT2D eigenvalue weighted by atomic mass is 10.1. The van der Waals surface area contributed by atoms with Crippen LogP contribution in [0.2, 0.25) is 0 Å². The first-order chi connectivity index (χ1) is 9.95. The van der Waals surface area contributed by atoms with Crippen molar-refractivity contribution in [3.8, 4) is 0 Å². The minimum absolute atomic E-state index is 0.165. The third-order valence-electron chi connectivity index (χ3n) is 3.06. The first-order valence-electron chi connectivity index (χ1n) is 6.53. The molecule has 110 valence electrons. The molecular weight excluding hydrogens is 270 g/mol. The third kappa shape index (κ3) is 3.88. The van der Waals surface area contributed by atoms with Crippen molar-refractivity contribution in [2.45, 2.75) is 20.3 Å². The number of pyridine rings is 1. The second-order valence-corrected chi connectivity index (χ2v) is 4.75. The van der Waals surface area contributed by atoms with Crippen LogP contribution in [0.1, 0.15) is 27.4 Å². The Bertz CT molecular complexity index is 724. The van der Waals surface area contributed by atoms with E-state index in [9.17, 15) is 9.59 Å². The first kappa shape index (κ1) is 14.7. The predicted octanol–water partition coefficient (Wildman–Crippen LogP) is 0.336. The van der Waals surface area contributed by atoms with E-state index in [0.717, 1.165) is 11.3 Å². The number of hydrogen-bond acceptors (Lipinski definition) is 5. The summed E-state index contributed by atoms with van der Waals surface area (Å²) in [7, 11) is 0. The number of nitrogens with two attached hydrogens (primary N) is 1. The summed E-state index contributed by atoms with van der Waals surface area (Å²) in [6.07, 6.45) is 1.93. The minimum atomic E-state index is -0.304. The molecule has 0 radical (unpaired) electrons. The minimum Gasteiger partial charge on any atom is -0.383 e. The van der Waals surface area contributed by atoms with E-state index >= 15 is 0 Å². The highest BCUT2D eigenvalue weighted by Crippen LogP contribution is 2.06. The summed E-state index contributed by atoms with van der Waals surface area (Å²) in [4.78, 5) is 33.9. The van der Waals surface area contributed by atoms with E-state index in [-0.39, 0.29) is 17.3 Å². The van der Waals surface area contributed by atoms with Gasteiger partial charge in [0, 0.05) is 30.9 Å². The molecule has 0 bridgehead atoms. The summed E-state index contributed by atoms with van der Waals surface area (Å²) < 4.78 is 0. The Balaban J connectivity index is 1.95. The van der Waals surface area contributed by atoms with Gasteiger partial charge in [-0.15, -0.1) is 0 Å². The molecule has 0 aliphatic carbocycles. The van der Waals surface area contributed by atoms with Crippen molar-refractivity contribution < 1.29 is 4.79 Å². The van der Waals surface area contributed by atoms with Crippen LogP contribution in [0.3, 0.4) is 0 Å². The highest BCUT2D eigenvalue weighted by atomic mass is 16.1. The van der Waals surface area contributed by atoms with Crippen molar-refractivity contribution in [2.24, 2.45) is 0 Å². The van der Waals surface area contributed by atoms with Crippen molar-refractivity contribution in [1.29, 1.82) is 0 Å². The van der Waals surface area contributed by atoms with Crippen LogP contribution in [-0.2, 0) is 6.42 Å². The molecule has 0 saturated carbocycles. The highest BCUT2D eigenvalue weighted by molar-refractivity contribution is 5.94. The zero-order valence-electron chi connectivity index (χ0n) is 11.9. The van der Waals surface area contributed by atoms with Gasteiger partial charge in [-0.2, -0.15) is 0 Å². The lowest BCUT2D eigenvalue weighted by Gasteiger charge is -2.06. The molecular formula is C14H17N5O2. The van der Waals surface area contributed by atoms with Crippen LogP contribution >= 0.6 is 0 Å². The lowest BCUT2D eigenvalue weighted by Crippen LogP contribution is -2.27. The van der Waals surface area contributed by atoms with Gasteiger partial charge in [0.25, 0.3) is 11.5 Å². The number of aromatic amines is 1. The highest BCUT2D eigenvalue weighted by Gasteiger charge is 2.07. The number of rotatable bonds is 4. The standard InChI is InChI=1S/C14H17N5O2/c1-8-5-10(7-17-9(8)2)14(21)16-4-3-12-18-11(15)6-13(20)19-12/h5-7H,3-4H2,1-2H3,(H,16,21)(H3,15,18,19,20). The maximum Gasteiger partial charge on any atom is 0.252 e. The van der Waals surface area contributed by atoms with Crippen LogP contribution in [-0.4, -0.2) is 27.4 Å². The van der Waals surface area contributed by atoms with Gasteiger partial charge in [0.1, 0.15) is 11.6 Å². The molecule has 0 aromatic carbocycles. The maximum absolute atomic E-state index is 12.0. The van der Waals surface area contributed by atoms with Crippen molar-refractivity contribution in [1.82, 2.24) is 20.3 Å². The number of hydrogen-bond donors (Lipinski definition) is 3. The fourth-order valence-corrected chi connectivity index (χ4v) is 1.81. The molecule has 7 heteroatoms. The molecule has 2 heterocycles. The molecule has 0 saturated heterocycles. The van der Waals surface area contributed by atoms with Crippen LogP contribution < -0.4 is 16.6 Å². The van der Waals surface area contributed by atoms with E-state index in [0.29, 0.717) is 24.4 Å². The van der Waals surface area contributed by atoms with E-state index < -0.39 is 0 Å². The molecule has 2 rings (SSSR count). The van der Waals surface area contributed by atoms with Gasteiger partial charge >= 0.3 is 0 Å². The normalized spacial score (nSPS) is 10.4. The Kier molecular flexibility index (Phi) is 4.32. The number of aromatic nitrogens is 3. The fourth-order valence-electron chi connectivity index (χ4n) is 1.81. The molecule has 2 aromatic heterocycles. The lowest BCUT2D eigenvalue weighted by molar-refractivity contribution is 0.0953. The maximum atomic E-state index is 12.0. The Morgan fingerprint density at radius 2 is 2.14 bits per heavy atom. The number of nitrogens with zero attached hydrogens (tertiary/aromatic N) is 2. The fraction of sp³-hybridized carbons (Fsp3) is 0.286. The molecule has 2 aromatic rings. The van der Waals surface area contributed by atoms with E-state index in [1.165, 1.54) is 12.3 Å². The summed E-state index contributed by atoms with van der Waals surface area (Å²) in [5.41, 5.74) is 7.55. The van der Waals surface area contributed by atoms with E-state index in [2.05, 4.69) is 20.3 Å². The average molecular weight is 287 g/mol. The molecule has 4 N–H and O–H groups in total. The van der Waals surface area contributed by atoms with E-state index in [4.69, 9.17) is 5.73 Å². The van der Waals surface area contributed by atoms with Crippen LogP contribution in [0.15, 0.2) is 23.1 Å². The van der Waals surface area contributed by atoms with Crippen molar-refractivity contribution in [3.63, 3.8) is 0 Å². The summed E-state index contributed by atoms with van der Waals surface area (Å²) in [5.74, 6) is 0.397. The van der Waals surface area contributed by atoms with Crippen LogP contribution in [0.4, 0.5) is 5.82 Å². The average Bonchev–Trinajstić information content (AvgIpc) is 2.40. The number of nitrogen functional groups attached to an aromatic ring is 1. The Morgan fingerprint density at radius 3 is 2.81 bits per heavy atom. The molecule has 0 fully saturated rings. The zero-order valence-corrected chi connectivity index (χ0v) is 11.9. The van der Waals surface area contributed by atoms with E-state index in [1.54, 1.807) is 6.07 Å². The number of H-pyrrole nitrogens is 1. The summed E-state index contributed by atoms with van der Waals surface area (Å²) in [6, 6.07) is 3.00. The summed E-state index contributed by atoms with van der Waals surface area (Å²) in [5, 5.41) is 2.75. The SMILES string of the molecule is Cc1cc(C(=O)NCCc2nc(N)cc(=O)[nH]2)cnc1C. The number of carbonyl (C=O) groups is 1. The molecule has 0 unspecified atom stereocenters. The van der Waals surface area contributed by atoms with Gasteiger partial charge < -0.3 is 16.0 Å². The Hall–Kier alpha value is -2.70. The van der Waals surface area contributed by atoms with E-state index in [1.807, 2.05) is 13.8 Å². The molecule has 0 aliphatic heterocycles. The van der Waals surface area contributed by atoms with Crippen LogP contribution in [0.5, 0.6) is 0 Å². The molecule has 21 heavy (non-hydrogen) atoms. The van der Waals surface area contributed by atoms with Crippen LogP contribution in [0.25, 0.3) is 0 Å². The molecule has 1 amide bonds. The monoisotopic (exact) mass is 287 g/mol. The smallest absolute Gasteiger partial charge is 0.252 e. The van der Waals surface area contributed by atoms with Crippen LogP contribution in [0, 0.1) is 13.8 Å². The first-order valence-corrected chi connectivity index (χ1v) is 6.53. The number of nitrogens with one attached hydrogen (secondary N) is 2. The third-order valence-corrected chi connectivity index (χ3v) is 3.06.